The van der Waals surface area contributed by atoms with E-state index in [-0.39, 0.29) is 0 Å². The number of fused-ring (bicyclic) bond motifs is 9. The Morgan fingerprint density at radius 1 is 0.227 bits per heavy atom. The molecule has 0 fully saturated rings. The first-order chi connectivity index (χ1) is 43.7. The Morgan fingerprint density at radius 3 is 0.977 bits per heavy atom. The molecule has 0 aliphatic heterocycles. The standard InChI is InChI=1S/C81H54N6Si/c1-6-25-55(26-7-1)64-39-24-40-65(56-27-8-2-9-28-56)78(64)80-82-79(57-45-49-63(50-46-57)88(60-29-10-3-11-30-60,61-31-12-4-13-32-61)62-33-14-5-15-34-62)83-81(84-80)87-76-51-47-58(85-72-41-20-16-35-66(72)67-36-17-21-42-73(67)85)53-70(76)71-54-59(48-52-77(71)87)86-74-43-22-18-37-68(74)69-38-19-23-44-75(69)86/h1-54H. The van der Waals surface area contributed by atoms with Crippen LogP contribution in [0, 0.1) is 0 Å². The summed E-state index contributed by atoms with van der Waals surface area (Å²) in [5.74, 6) is 1.66. The van der Waals surface area contributed by atoms with E-state index in [1.54, 1.807) is 0 Å². The predicted molar refractivity (Wildman–Crippen MR) is 368 cm³/mol. The monoisotopic (exact) mass is 1140 g/mol. The van der Waals surface area contributed by atoms with E-state index < -0.39 is 8.07 Å². The molecule has 0 saturated heterocycles. The van der Waals surface area contributed by atoms with Gasteiger partial charge in [-0.2, -0.15) is 9.97 Å². The van der Waals surface area contributed by atoms with Gasteiger partial charge in [0.25, 0.3) is 0 Å². The molecule has 17 rings (SSSR count). The lowest BCUT2D eigenvalue weighted by molar-refractivity contribution is 0.953. The van der Waals surface area contributed by atoms with E-state index in [1.165, 1.54) is 42.3 Å². The molecule has 6 nitrogen and oxygen atoms in total. The van der Waals surface area contributed by atoms with Crippen molar-refractivity contribution in [3.8, 4) is 62.4 Å². The molecule has 0 unspecified atom stereocenters. The molecule has 0 aliphatic carbocycles. The first-order valence-electron chi connectivity index (χ1n) is 30.0. The topological polar surface area (TPSA) is 53.5 Å². The average molecular weight is 1140 g/mol. The van der Waals surface area contributed by atoms with Gasteiger partial charge in [-0.05, 0) is 104 Å². The zero-order valence-electron chi connectivity index (χ0n) is 47.9. The van der Waals surface area contributed by atoms with Crippen molar-refractivity contribution in [3.63, 3.8) is 0 Å². The van der Waals surface area contributed by atoms with E-state index in [9.17, 15) is 0 Å². The van der Waals surface area contributed by atoms with E-state index in [1.807, 2.05) is 0 Å². The van der Waals surface area contributed by atoms with Crippen LogP contribution in [0.1, 0.15) is 0 Å². The highest BCUT2D eigenvalue weighted by Crippen LogP contribution is 2.42. The van der Waals surface area contributed by atoms with Crippen molar-refractivity contribution in [1.82, 2.24) is 28.7 Å². The molecule has 17 aromatic rings. The van der Waals surface area contributed by atoms with Crippen molar-refractivity contribution in [3.05, 3.63) is 328 Å². The molecule has 0 bridgehead atoms. The van der Waals surface area contributed by atoms with Crippen molar-refractivity contribution < 1.29 is 0 Å². The zero-order chi connectivity index (χ0) is 58.1. The van der Waals surface area contributed by atoms with Gasteiger partial charge in [-0.1, -0.05) is 267 Å². The minimum absolute atomic E-state index is 0.516. The molecular weight excluding hydrogens is 1090 g/mol. The van der Waals surface area contributed by atoms with E-state index in [0.717, 1.165) is 88.6 Å². The number of para-hydroxylation sites is 4. The summed E-state index contributed by atoms with van der Waals surface area (Å²) >= 11 is 0. The van der Waals surface area contributed by atoms with Gasteiger partial charge in [-0.3, -0.25) is 4.57 Å². The van der Waals surface area contributed by atoms with Crippen molar-refractivity contribution >= 4 is 94.2 Å². The summed E-state index contributed by atoms with van der Waals surface area (Å²) in [6.07, 6.45) is 0. The quantitative estimate of drug-likeness (QED) is 0.0958. The van der Waals surface area contributed by atoms with E-state index in [4.69, 9.17) is 15.0 Å². The average Bonchev–Trinajstić information content (AvgIpc) is 1.88. The van der Waals surface area contributed by atoms with Gasteiger partial charge in [0.1, 0.15) is 0 Å². The van der Waals surface area contributed by atoms with Crippen molar-refractivity contribution in [2.45, 2.75) is 0 Å². The Kier molecular flexibility index (Phi) is 12.1. The van der Waals surface area contributed by atoms with Crippen LogP contribution < -0.4 is 20.7 Å². The van der Waals surface area contributed by atoms with Crippen LogP contribution in [-0.4, -0.2) is 36.7 Å². The van der Waals surface area contributed by atoms with E-state index >= 15 is 0 Å². The largest absolute Gasteiger partial charge is 0.309 e. The minimum atomic E-state index is -2.86. The lowest BCUT2D eigenvalue weighted by Crippen LogP contribution is -2.74. The molecule has 0 aliphatic rings. The summed E-state index contributed by atoms with van der Waals surface area (Å²) in [5, 5.41) is 12.2. The SMILES string of the molecule is c1ccc(-c2cccc(-c3ccccc3)c2-c2nc(-c3ccc([Si](c4ccccc4)(c4ccccc4)c4ccccc4)cc3)nc(-n3c4ccc(-n5c6ccccc6c6ccccc65)cc4c4cc(-n5c6ccccc6c6ccccc65)ccc43)n2)cc1. The van der Waals surface area contributed by atoms with Crippen molar-refractivity contribution in [2.75, 3.05) is 0 Å². The smallest absolute Gasteiger partial charge is 0.238 e. The molecule has 88 heavy (non-hydrogen) atoms. The Balaban J connectivity index is 0.948. The maximum absolute atomic E-state index is 5.77. The molecule has 4 heterocycles. The summed E-state index contributed by atoms with van der Waals surface area (Å²) in [7, 11) is -2.86. The normalized spacial score (nSPS) is 11.9. The molecule has 0 N–H and O–H groups in total. The number of aromatic nitrogens is 6. The van der Waals surface area contributed by atoms with Gasteiger partial charge >= 0.3 is 0 Å². The summed E-state index contributed by atoms with van der Waals surface area (Å²) in [5.41, 5.74) is 14.7. The van der Waals surface area contributed by atoms with Crippen LogP contribution in [0.4, 0.5) is 0 Å². The lowest BCUT2D eigenvalue weighted by Gasteiger charge is -2.34. The molecule has 0 spiro atoms. The maximum Gasteiger partial charge on any atom is 0.238 e. The van der Waals surface area contributed by atoms with Crippen LogP contribution in [0.3, 0.4) is 0 Å². The van der Waals surface area contributed by atoms with Crippen LogP contribution in [-0.2, 0) is 0 Å². The fourth-order valence-electron chi connectivity index (χ4n) is 14.0. The van der Waals surface area contributed by atoms with Crippen LogP contribution in [0.2, 0.25) is 0 Å². The fourth-order valence-corrected chi connectivity index (χ4v) is 18.8. The summed E-state index contributed by atoms with van der Waals surface area (Å²) in [4.78, 5) is 17.1. The number of nitrogens with zero attached hydrogens (tertiary/aromatic N) is 6. The van der Waals surface area contributed by atoms with Crippen molar-refractivity contribution in [1.29, 1.82) is 0 Å². The van der Waals surface area contributed by atoms with Crippen molar-refractivity contribution in [2.24, 2.45) is 0 Å². The minimum Gasteiger partial charge on any atom is -0.309 e. The first-order valence-corrected chi connectivity index (χ1v) is 32.0. The summed E-state index contributed by atoms with van der Waals surface area (Å²) < 4.78 is 7.08. The Labute approximate surface area is 509 Å². The zero-order valence-corrected chi connectivity index (χ0v) is 48.9. The highest BCUT2D eigenvalue weighted by atomic mass is 28.3. The fraction of sp³-hybridized carbons (Fsp3) is 0. The molecule has 7 heteroatoms. The van der Waals surface area contributed by atoms with Gasteiger partial charge in [-0.25, -0.2) is 4.98 Å². The molecular formula is C81H54N6Si. The summed E-state index contributed by atoms with van der Waals surface area (Å²) in [6, 6.07) is 119. The van der Waals surface area contributed by atoms with Crippen LogP contribution in [0.25, 0.3) is 128 Å². The summed E-state index contributed by atoms with van der Waals surface area (Å²) in [6.45, 7) is 0. The first kappa shape index (κ1) is 51.0. The van der Waals surface area contributed by atoms with Gasteiger partial charge in [0.05, 0.1) is 33.1 Å². The highest BCUT2D eigenvalue weighted by molar-refractivity contribution is 7.19. The van der Waals surface area contributed by atoms with Crippen LogP contribution >= 0.6 is 0 Å². The number of benzene rings is 13. The Hall–Kier alpha value is -11.5. The molecule has 412 valence electrons. The van der Waals surface area contributed by atoms with Crippen LogP contribution in [0.5, 0.6) is 0 Å². The lowest BCUT2D eigenvalue weighted by atomic mass is 9.91. The third-order valence-electron chi connectivity index (χ3n) is 17.9. The van der Waals surface area contributed by atoms with E-state index in [2.05, 4.69) is 341 Å². The molecule has 4 aromatic heterocycles. The Bertz CT molecular complexity index is 5050. The van der Waals surface area contributed by atoms with Gasteiger partial charge < -0.3 is 9.13 Å². The third-order valence-corrected chi connectivity index (χ3v) is 22.7. The Morgan fingerprint density at radius 2 is 0.568 bits per heavy atom. The molecule has 13 aromatic carbocycles. The maximum atomic E-state index is 5.77. The van der Waals surface area contributed by atoms with E-state index in [0.29, 0.717) is 17.6 Å². The predicted octanol–water partition coefficient (Wildman–Crippen LogP) is 17.2. The molecule has 0 atom stereocenters. The number of hydrogen-bond acceptors (Lipinski definition) is 3. The molecule has 0 amide bonds. The molecule has 0 saturated carbocycles. The second kappa shape index (κ2) is 20.9. The van der Waals surface area contributed by atoms with Gasteiger partial charge in [-0.15, -0.1) is 0 Å². The van der Waals surface area contributed by atoms with Gasteiger partial charge in [0.2, 0.25) is 5.95 Å². The van der Waals surface area contributed by atoms with Crippen LogP contribution in [0.15, 0.2) is 328 Å². The second-order valence-electron chi connectivity index (χ2n) is 22.6. The second-order valence-corrected chi connectivity index (χ2v) is 26.5. The number of hydrogen-bond donors (Lipinski definition) is 0. The highest BCUT2D eigenvalue weighted by Gasteiger charge is 2.41. The number of rotatable bonds is 11. The third kappa shape index (κ3) is 8.13. The van der Waals surface area contributed by atoms with Gasteiger partial charge in [0.15, 0.2) is 19.7 Å². The molecule has 0 radical (unpaired) electrons. The van der Waals surface area contributed by atoms with Gasteiger partial charge in [0, 0.05) is 54.8 Å².